The van der Waals surface area contributed by atoms with Crippen LogP contribution >= 0.6 is 0 Å². The van der Waals surface area contributed by atoms with Crippen LogP contribution in [0.1, 0.15) is 24.0 Å². The zero-order valence-electron chi connectivity index (χ0n) is 16.1. The number of carbonyl (C=O) groups is 1. The van der Waals surface area contributed by atoms with E-state index >= 15 is 0 Å². The molecule has 7 heteroatoms. The smallest absolute Gasteiger partial charge is 0.336 e. The Kier molecular flexibility index (Phi) is 7.09. The highest BCUT2D eigenvalue weighted by molar-refractivity contribution is 5.78. The highest BCUT2D eigenvalue weighted by Gasteiger charge is 2.42. The van der Waals surface area contributed by atoms with E-state index in [0.29, 0.717) is 24.5 Å². The first-order valence-corrected chi connectivity index (χ1v) is 9.60. The summed E-state index contributed by atoms with van der Waals surface area (Å²) in [5.74, 6) is 0.162. The maximum atomic E-state index is 11.6. The molecule has 1 aliphatic heterocycles. The predicted octanol–water partition coefficient (Wildman–Crippen LogP) is 2.17. The molecule has 3 N–H and O–H groups in total. The molecule has 2 aromatic rings. The molecule has 0 aliphatic carbocycles. The Bertz CT molecular complexity index is 814. The third kappa shape index (κ3) is 5.69. The number of benzene rings is 2. The van der Waals surface area contributed by atoms with Crippen molar-refractivity contribution in [2.75, 3.05) is 19.8 Å². The zero-order chi connectivity index (χ0) is 20.7. The Hall–Kier alpha value is -2.61. The van der Waals surface area contributed by atoms with Crippen molar-refractivity contribution in [2.24, 2.45) is 0 Å². The molecule has 2 aromatic carbocycles. The van der Waals surface area contributed by atoms with Crippen LogP contribution in [0, 0.1) is 0 Å². The van der Waals surface area contributed by atoms with E-state index in [1.54, 1.807) is 42.5 Å². The summed E-state index contributed by atoms with van der Waals surface area (Å²) in [5.41, 5.74) is 0.364. The average molecular weight is 402 g/mol. The molecule has 2 atom stereocenters. The molecule has 0 saturated carbocycles. The summed E-state index contributed by atoms with van der Waals surface area (Å²) in [7, 11) is 0. The van der Waals surface area contributed by atoms with E-state index in [4.69, 9.17) is 19.3 Å². The molecule has 0 amide bonds. The second-order valence-electron chi connectivity index (χ2n) is 7.16. The van der Waals surface area contributed by atoms with Crippen LogP contribution in [0.5, 0.6) is 11.5 Å². The topological polar surface area (TPSA) is 105 Å². The van der Waals surface area contributed by atoms with Crippen molar-refractivity contribution < 1.29 is 34.3 Å². The van der Waals surface area contributed by atoms with E-state index in [2.05, 4.69) is 0 Å². The SMILES string of the molecule is O=C(O)C1(Cc2cccc(OCC(O)COc3cccc(CO)c3)c2)CCCO1. The van der Waals surface area contributed by atoms with Gasteiger partial charge >= 0.3 is 5.97 Å². The van der Waals surface area contributed by atoms with Crippen molar-refractivity contribution in [2.45, 2.75) is 37.6 Å². The van der Waals surface area contributed by atoms with Gasteiger partial charge in [-0.25, -0.2) is 4.79 Å². The summed E-state index contributed by atoms with van der Waals surface area (Å²) in [6.07, 6.45) is 0.642. The molecule has 1 fully saturated rings. The van der Waals surface area contributed by atoms with Gasteiger partial charge in [-0.3, -0.25) is 0 Å². The molecule has 0 spiro atoms. The van der Waals surface area contributed by atoms with Crippen LogP contribution in [-0.2, 0) is 22.6 Å². The highest BCUT2D eigenvalue weighted by Crippen LogP contribution is 2.31. The van der Waals surface area contributed by atoms with Gasteiger partial charge in [-0.2, -0.15) is 0 Å². The Morgan fingerprint density at radius 1 is 1.07 bits per heavy atom. The largest absolute Gasteiger partial charge is 0.491 e. The molecule has 1 heterocycles. The minimum absolute atomic E-state index is 0.0315. The van der Waals surface area contributed by atoms with Gasteiger partial charge in [0.1, 0.15) is 30.8 Å². The summed E-state index contributed by atoms with van der Waals surface area (Å²) < 4.78 is 16.7. The van der Waals surface area contributed by atoms with Crippen LogP contribution in [0.2, 0.25) is 0 Å². The number of aliphatic hydroxyl groups is 2. The van der Waals surface area contributed by atoms with Crippen LogP contribution in [-0.4, -0.2) is 52.8 Å². The second kappa shape index (κ2) is 9.73. The van der Waals surface area contributed by atoms with Crippen molar-refractivity contribution in [1.82, 2.24) is 0 Å². The quantitative estimate of drug-likeness (QED) is 0.559. The molecule has 0 bridgehead atoms. The first-order chi connectivity index (χ1) is 14.0. The monoisotopic (exact) mass is 402 g/mol. The van der Waals surface area contributed by atoms with Crippen molar-refractivity contribution in [3.8, 4) is 11.5 Å². The predicted molar refractivity (Wildman–Crippen MR) is 105 cm³/mol. The lowest BCUT2D eigenvalue weighted by molar-refractivity contribution is -0.159. The van der Waals surface area contributed by atoms with Crippen molar-refractivity contribution in [3.05, 3.63) is 59.7 Å². The lowest BCUT2D eigenvalue weighted by Gasteiger charge is -2.23. The Morgan fingerprint density at radius 3 is 2.24 bits per heavy atom. The summed E-state index contributed by atoms with van der Waals surface area (Å²) >= 11 is 0. The van der Waals surface area contributed by atoms with E-state index in [-0.39, 0.29) is 26.2 Å². The van der Waals surface area contributed by atoms with E-state index < -0.39 is 17.7 Å². The summed E-state index contributed by atoms with van der Waals surface area (Å²) in [6, 6.07) is 14.2. The number of aliphatic hydroxyl groups excluding tert-OH is 2. The standard InChI is InChI=1S/C22H26O7/c23-13-17-5-2-7-20(11-17)28-15-18(24)14-27-19-6-1-4-16(10-19)12-22(21(25)26)8-3-9-29-22/h1-2,4-7,10-11,18,23-24H,3,8-9,12-15H2,(H,25,26). The molecule has 3 rings (SSSR count). The number of hydrogen-bond donors (Lipinski definition) is 3. The lowest BCUT2D eigenvalue weighted by Crippen LogP contribution is -2.40. The van der Waals surface area contributed by atoms with E-state index in [0.717, 1.165) is 17.5 Å². The maximum Gasteiger partial charge on any atom is 0.336 e. The molecule has 0 radical (unpaired) electrons. The van der Waals surface area contributed by atoms with E-state index in [9.17, 15) is 15.0 Å². The minimum atomic E-state index is -1.17. The van der Waals surface area contributed by atoms with Crippen molar-refractivity contribution in [3.63, 3.8) is 0 Å². The van der Waals surface area contributed by atoms with Gasteiger partial charge in [0, 0.05) is 13.0 Å². The normalized spacial score (nSPS) is 19.7. The first-order valence-electron chi connectivity index (χ1n) is 9.60. The van der Waals surface area contributed by atoms with Gasteiger partial charge in [-0.1, -0.05) is 24.3 Å². The molecule has 29 heavy (non-hydrogen) atoms. The molecule has 1 aliphatic rings. The molecule has 0 aromatic heterocycles. The molecular weight excluding hydrogens is 376 g/mol. The molecule has 1 saturated heterocycles. The van der Waals surface area contributed by atoms with Gasteiger partial charge in [0.2, 0.25) is 0 Å². The van der Waals surface area contributed by atoms with Crippen molar-refractivity contribution in [1.29, 1.82) is 0 Å². The van der Waals surface area contributed by atoms with Gasteiger partial charge in [-0.05, 0) is 48.2 Å². The van der Waals surface area contributed by atoms with Crippen LogP contribution in [0.15, 0.2) is 48.5 Å². The third-order valence-electron chi connectivity index (χ3n) is 4.85. The minimum Gasteiger partial charge on any atom is -0.491 e. The van der Waals surface area contributed by atoms with Crippen LogP contribution in [0.4, 0.5) is 0 Å². The van der Waals surface area contributed by atoms with Crippen LogP contribution in [0.3, 0.4) is 0 Å². The van der Waals surface area contributed by atoms with Gasteiger partial charge in [-0.15, -0.1) is 0 Å². The number of ether oxygens (including phenoxy) is 3. The van der Waals surface area contributed by atoms with Gasteiger partial charge in [0.05, 0.1) is 6.61 Å². The number of hydrogen-bond acceptors (Lipinski definition) is 6. The number of carboxylic acids is 1. The second-order valence-corrected chi connectivity index (χ2v) is 7.16. The summed E-state index contributed by atoms with van der Waals surface area (Å²) in [4.78, 5) is 11.6. The fourth-order valence-corrected chi connectivity index (χ4v) is 3.32. The summed E-state index contributed by atoms with van der Waals surface area (Å²) in [5, 5.41) is 28.8. The molecular formula is C22H26O7. The summed E-state index contributed by atoms with van der Waals surface area (Å²) in [6.45, 7) is 0.456. The fourth-order valence-electron chi connectivity index (χ4n) is 3.32. The number of carboxylic acid groups (broad SMARTS) is 1. The third-order valence-corrected chi connectivity index (χ3v) is 4.85. The average Bonchev–Trinajstić information content (AvgIpc) is 3.21. The Morgan fingerprint density at radius 2 is 1.69 bits per heavy atom. The van der Waals surface area contributed by atoms with Gasteiger partial charge in [0.25, 0.3) is 0 Å². The molecule has 7 nitrogen and oxygen atoms in total. The zero-order valence-corrected chi connectivity index (χ0v) is 16.1. The highest BCUT2D eigenvalue weighted by atomic mass is 16.5. The van der Waals surface area contributed by atoms with Gasteiger partial charge in [0.15, 0.2) is 5.60 Å². The molecule has 2 unspecified atom stereocenters. The van der Waals surface area contributed by atoms with Gasteiger partial charge < -0.3 is 29.5 Å². The maximum absolute atomic E-state index is 11.6. The Labute approximate surface area is 169 Å². The fraction of sp³-hybridized carbons (Fsp3) is 0.409. The van der Waals surface area contributed by atoms with E-state index in [1.807, 2.05) is 6.07 Å². The first kappa shape index (κ1) is 21.1. The van der Waals surface area contributed by atoms with Crippen molar-refractivity contribution >= 4 is 5.97 Å². The van der Waals surface area contributed by atoms with E-state index in [1.165, 1.54) is 0 Å². The lowest BCUT2D eigenvalue weighted by atomic mass is 9.91. The Balaban J connectivity index is 1.51. The van der Waals surface area contributed by atoms with Crippen LogP contribution < -0.4 is 9.47 Å². The number of aliphatic carboxylic acids is 1. The van der Waals surface area contributed by atoms with Crippen LogP contribution in [0.25, 0.3) is 0 Å². The molecule has 156 valence electrons. The number of rotatable bonds is 10.